The van der Waals surface area contributed by atoms with E-state index in [0.717, 1.165) is 38.0 Å². The Kier molecular flexibility index (Phi) is 6.59. The van der Waals surface area contributed by atoms with Gasteiger partial charge >= 0.3 is 0 Å². The third-order valence-electron chi connectivity index (χ3n) is 4.76. The van der Waals surface area contributed by atoms with Crippen LogP contribution in [0.5, 0.6) is 0 Å². The molecule has 0 atom stereocenters. The molecule has 23 heavy (non-hydrogen) atoms. The van der Waals surface area contributed by atoms with Crippen LogP contribution in [0.25, 0.3) is 0 Å². The number of hydrogen-bond acceptors (Lipinski definition) is 3. The lowest BCUT2D eigenvalue weighted by molar-refractivity contribution is 0.171. The molecule has 1 aliphatic rings. The van der Waals surface area contributed by atoms with Gasteiger partial charge in [0.2, 0.25) is 0 Å². The molecule has 0 unspecified atom stereocenters. The predicted molar refractivity (Wildman–Crippen MR) is 94.3 cm³/mol. The van der Waals surface area contributed by atoms with E-state index < -0.39 is 10.2 Å². The van der Waals surface area contributed by atoms with Gasteiger partial charge in [0.05, 0.1) is 0 Å². The topological polar surface area (TPSA) is 43.9 Å². The normalized spacial score (nSPS) is 18.0. The maximum atomic E-state index is 13.0. The first-order chi connectivity index (χ1) is 11.0. The second-order valence-electron chi connectivity index (χ2n) is 6.10. The van der Waals surface area contributed by atoms with Gasteiger partial charge < -0.3 is 4.90 Å². The Bertz CT molecular complexity index is 569. The summed E-state index contributed by atoms with van der Waals surface area (Å²) in [5.74, 6) is 0. The first-order valence-corrected chi connectivity index (χ1v) is 9.88. The van der Waals surface area contributed by atoms with Gasteiger partial charge in [0, 0.05) is 26.2 Å². The van der Waals surface area contributed by atoms with E-state index in [-0.39, 0.29) is 6.04 Å². The quantitative estimate of drug-likeness (QED) is 0.765. The van der Waals surface area contributed by atoms with Crippen LogP contribution in [0.1, 0.15) is 32.3 Å². The third-order valence-corrected chi connectivity index (χ3v) is 6.83. The SMILES string of the molecule is CCN1CCC(N(C)S(=O)(=O)N(CC)Cc2ccccc2)CC1. The molecule has 0 bridgehead atoms. The van der Waals surface area contributed by atoms with E-state index in [1.54, 1.807) is 15.7 Å². The van der Waals surface area contributed by atoms with Gasteiger partial charge in [-0.1, -0.05) is 44.2 Å². The van der Waals surface area contributed by atoms with Gasteiger partial charge in [-0.25, -0.2) is 0 Å². The molecule has 0 aromatic heterocycles. The summed E-state index contributed by atoms with van der Waals surface area (Å²) < 4.78 is 29.1. The van der Waals surface area contributed by atoms with Gasteiger partial charge in [0.15, 0.2) is 0 Å². The van der Waals surface area contributed by atoms with Crippen molar-refractivity contribution >= 4 is 10.2 Å². The predicted octanol–water partition coefficient (Wildman–Crippen LogP) is 2.17. The van der Waals surface area contributed by atoms with Crippen molar-refractivity contribution in [3.8, 4) is 0 Å². The summed E-state index contributed by atoms with van der Waals surface area (Å²) in [5, 5.41) is 0. The Labute approximate surface area is 141 Å². The maximum Gasteiger partial charge on any atom is 0.282 e. The number of nitrogens with zero attached hydrogens (tertiary/aromatic N) is 3. The van der Waals surface area contributed by atoms with Gasteiger partial charge in [-0.2, -0.15) is 17.0 Å². The summed E-state index contributed by atoms with van der Waals surface area (Å²) in [7, 11) is -1.69. The highest BCUT2D eigenvalue weighted by atomic mass is 32.2. The molecule has 1 heterocycles. The first kappa shape index (κ1) is 18.4. The molecule has 130 valence electrons. The van der Waals surface area contributed by atoms with Crippen LogP contribution in [0.15, 0.2) is 30.3 Å². The number of likely N-dealkylation sites (tertiary alicyclic amines) is 1. The number of piperidine rings is 1. The van der Waals surface area contributed by atoms with E-state index in [9.17, 15) is 8.42 Å². The standard InChI is InChI=1S/C17H29N3O2S/c1-4-19-13-11-17(12-14-19)18(3)23(21,22)20(5-2)15-16-9-7-6-8-10-16/h6-10,17H,4-5,11-15H2,1-3H3. The fraction of sp³-hybridized carbons (Fsp3) is 0.647. The molecule has 0 saturated carbocycles. The summed E-state index contributed by atoms with van der Waals surface area (Å²) in [5.41, 5.74) is 1.02. The third kappa shape index (κ3) is 4.53. The molecule has 2 rings (SSSR count). The Morgan fingerprint density at radius 3 is 2.26 bits per heavy atom. The largest absolute Gasteiger partial charge is 0.303 e. The number of benzene rings is 1. The second-order valence-corrected chi connectivity index (χ2v) is 8.09. The average Bonchev–Trinajstić information content (AvgIpc) is 2.59. The molecule has 0 spiro atoms. The molecular formula is C17H29N3O2S. The fourth-order valence-electron chi connectivity index (χ4n) is 3.11. The molecule has 1 fully saturated rings. The highest BCUT2D eigenvalue weighted by molar-refractivity contribution is 7.86. The zero-order valence-electron chi connectivity index (χ0n) is 14.5. The fourth-order valence-corrected chi connectivity index (χ4v) is 4.70. The van der Waals surface area contributed by atoms with Crippen molar-refractivity contribution in [3.63, 3.8) is 0 Å². The summed E-state index contributed by atoms with van der Waals surface area (Å²) in [6.45, 7) is 7.95. The van der Waals surface area contributed by atoms with Crippen LogP contribution in [0.2, 0.25) is 0 Å². The molecule has 0 amide bonds. The molecule has 1 aliphatic heterocycles. The summed E-state index contributed by atoms with van der Waals surface area (Å²) >= 11 is 0. The minimum atomic E-state index is -3.43. The number of rotatable bonds is 7. The van der Waals surface area contributed by atoms with E-state index in [0.29, 0.717) is 13.1 Å². The van der Waals surface area contributed by atoms with Crippen LogP contribution in [-0.2, 0) is 16.8 Å². The van der Waals surface area contributed by atoms with E-state index in [1.165, 1.54) is 0 Å². The molecular weight excluding hydrogens is 310 g/mol. The molecule has 6 heteroatoms. The van der Waals surface area contributed by atoms with E-state index >= 15 is 0 Å². The van der Waals surface area contributed by atoms with Gasteiger partial charge in [-0.3, -0.25) is 0 Å². The van der Waals surface area contributed by atoms with Crippen LogP contribution in [0, 0.1) is 0 Å². The molecule has 5 nitrogen and oxygen atoms in total. The van der Waals surface area contributed by atoms with Gasteiger partial charge in [0.1, 0.15) is 0 Å². The lowest BCUT2D eigenvalue weighted by atomic mass is 10.1. The monoisotopic (exact) mass is 339 g/mol. The smallest absolute Gasteiger partial charge is 0.282 e. The zero-order valence-corrected chi connectivity index (χ0v) is 15.3. The minimum Gasteiger partial charge on any atom is -0.303 e. The Balaban J connectivity index is 2.05. The van der Waals surface area contributed by atoms with Crippen LogP contribution >= 0.6 is 0 Å². The summed E-state index contributed by atoms with van der Waals surface area (Å²) in [6, 6.07) is 9.88. The number of hydrogen-bond donors (Lipinski definition) is 0. The Hall–Kier alpha value is -0.950. The van der Waals surface area contributed by atoms with Crippen LogP contribution in [0.4, 0.5) is 0 Å². The summed E-state index contributed by atoms with van der Waals surface area (Å²) in [6.07, 6.45) is 1.82. The van der Waals surface area contributed by atoms with Gasteiger partial charge in [-0.15, -0.1) is 0 Å². The van der Waals surface area contributed by atoms with Crippen molar-refractivity contribution in [1.82, 2.24) is 13.5 Å². The molecule has 0 radical (unpaired) electrons. The Morgan fingerprint density at radius 1 is 1.13 bits per heavy atom. The van der Waals surface area contributed by atoms with Crippen molar-refractivity contribution in [2.45, 2.75) is 39.3 Å². The van der Waals surface area contributed by atoms with Gasteiger partial charge in [0.25, 0.3) is 10.2 Å². The highest BCUT2D eigenvalue weighted by Gasteiger charge is 2.33. The average molecular weight is 340 g/mol. The molecule has 0 N–H and O–H groups in total. The van der Waals surface area contributed by atoms with Crippen molar-refractivity contribution < 1.29 is 8.42 Å². The van der Waals surface area contributed by atoms with E-state index in [1.807, 2.05) is 37.3 Å². The molecule has 1 saturated heterocycles. The van der Waals surface area contributed by atoms with E-state index in [4.69, 9.17) is 0 Å². The van der Waals surface area contributed by atoms with E-state index in [2.05, 4.69) is 11.8 Å². The van der Waals surface area contributed by atoms with Gasteiger partial charge in [-0.05, 0) is 38.0 Å². The summed E-state index contributed by atoms with van der Waals surface area (Å²) in [4.78, 5) is 2.37. The Morgan fingerprint density at radius 2 is 1.74 bits per heavy atom. The van der Waals surface area contributed by atoms with Crippen LogP contribution < -0.4 is 0 Å². The lowest BCUT2D eigenvalue weighted by Gasteiger charge is -2.37. The minimum absolute atomic E-state index is 0.104. The van der Waals surface area contributed by atoms with Crippen molar-refractivity contribution in [3.05, 3.63) is 35.9 Å². The van der Waals surface area contributed by atoms with Crippen molar-refractivity contribution in [1.29, 1.82) is 0 Å². The molecule has 1 aromatic rings. The highest BCUT2D eigenvalue weighted by Crippen LogP contribution is 2.21. The maximum absolute atomic E-state index is 13.0. The first-order valence-electron chi connectivity index (χ1n) is 8.48. The van der Waals surface area contributed by atoms with Crippen molar-refractivity contribution in [2.24, 2.45) is 0 Å². The molecule has 1 aromatic carbocycles. The van der Waals surface area contributed by atoms with Crippen LogP contribution in [-0.4, -0.2) is 61.2 Å². The van der Waals surface area contributed by atoms with Crippen molar-refractivity contribution in [2.75, 3.05) is 33.2 Å². The second kappa shape index (κ2) is 8.24. The van der Waals surface area contributed by atoms with Crippen LogP contribution in [0.3, 0.4) is 0 Å². The molecule has 0 aliphatic carbocycles. The lowest BCUT2D eigenvalue weighted by Crippen LogP contribution is -2.50. The zero-order chi connectivity index (χ0) is 16.9.